The van der Waals surface area contributed by atoms with Crippen LogP contribution in [0.25, 0.3) is 0 Å². The molecule has 2 heterocycles. The molecule has 2 bridgehead atoms. The Morgan fingerprint density at radius 2 is 1.86 bits per heavy atom. The number of carbonyl (C=O) groups is 1. The van der Waals surface area contributed by atoms with Crippen LogP contribution >= 0.6 is 0 Å². The molecule has 4 N–H and O–H groups in total. The number of allylic oxidation sites excluding steroid dienone is 1. The number of carbonyl (C=O) groups excluding carboxylic acids is 1. The zero-order valence-electron chi connectivity index (χ0n) is 23.4. The fourth-order valence-electron chi connectivity index (χ4n) is 4.75. The lowest BCUT2D eigenvalue weighted by Gasteiger charge is -2.45. The van der Waals surface area contributed by atoms with Crippen molar-refractivity contribution < 1.29 is 34.7 Å². The van der Waals surface area contributed by atoms with Crippen LogP contribution in [0.4, 0.5) is 0 Å². The van der Waals surface area contributed by atoms with E-state index in [1.54, 1.807) is 38.2 Å². The third-order valence-corrected chi connectivity index (χ3v) is 8.05. The van der Waals surface area contributed by atoms with E-state index in [4.69, 9.17) is 9.47 Å². The predicted octanol–water partition coefficient (Wildman–Crippen LogP) is 4.36. The van der Waals surface area contributed by atoms with Gasteiger partial charge in [-0.25, -0.2) is 4.79 Å². The zero-order valence-corrected chi connectivity index (χ0v) is 23.4. The second kappa shape index (κ2) is 13.3. The summed E-state index contributed by atoms with van der Waals surface area (Å²) in [6.07, 6.45) is 9.00. The third-order valence-electron chi connectivity index (χ3n) is 8.05. The minimum Gasteiger partial charge on any atom is -0.459 e. The summed E-state index contributed by atoms with van der Waals surface area (Å²) >= 11 is 0. The molecule has 0 aromatic carbocycles. The number of fused-ring (bicyclic) bond motifs is 2. The Hall–Kier alpha value is -1.77. The molecule has 0 aromatic rings. The number of cyclic esters (lactones) is 1. The van der Waals surface area contributed by atoms with Crippen LogP contribution in [0.1, 0.15) is 80.1 Å². The number of aliphatic hydroxyl groups excluding tert-OH is 2. The van der Waals surface area contributed by atoms with E-state index in [1.807, 2.05) is 20.8 Å². The van der Waals surface area contributed by atoms with Crippen molar-refractivity contribution in [2.24, 2.45) is 17.8 Å². The summed E-state index contributed by atoms with van der Waals surface area (Å²) in [7, 11) is 0. The van der Waals surface area contributed by atoms with Crippen molar-refractivity contribution in [3.8, 4) is 0 Å². The van der Waals surface area contributed by atoms with E-state index in [2.05, 4.69) is 6.58 Å². The molecular formula is C30H48O7. The quantitative estimate of drug-likeness (QED) is 0.322. The molecule has 2 rings (SSSR count). The van der Waals surface area contributed by atoms with Crippen LogP contribution in [0.3, 0.4) is 0 Å². The first-order valence-corrected chi connectivity index (χ1v) is 13.5. The normalized spacial score (nSPS) is 38.2. The van der Waals surface area contributed by atoms with E-state index in [-0.39, 0.29) is 24.2 Å². The van der Waals surface area contributed by atoms with Crippen molar-refractivity contribution in [1.82, 2.24) is 0 Å². The van der Waals surface area contributed by atoms with Crippen molar-refractivity contribution in [3.05, 3.63) is 48.1 Å². The fourth-order valence-corrected chi connectivity index (χ4v) is 4.75. The summed E-state index contributed by atoms with van der Waals surface area (Å²) in [6.45, 7) is 14.9. The molecule has 0 spiro atoms. The average molecular weight is 521 g/mol. The maximum atomic E-state index is 12.8. The van der Waals surface area contributed by atoms with Crippen LogP contribution in [0.2, 0.25) is 0 Å². The average Bonchev–Trinajstić information content (AvgIpc) is 2.79. The van der Waals surface area contributed by atoms with E-state index in [0.717, 1.165) is 5.57 Å². The monoisotopic (exact) mass is 520 g/mol. The maximum absolute atomic E-state index is 12.8. The van der Waals surface area contributed by atoms with Gasteiger partial charge in [-0.15, -0.1) is 0 Å². The van der Waals surface area contributed by atoms with E-state index in [1.165, 1.54) is 13.0 Å². The highest BCUT2D eigenvalue weighted by molar-refractivity contribution is 5.83. The topological polar surface area (TPSA) is 116 Å². The van der Waals surface area contributed by atoms with E-state index in [9.17, 15) is 25.2 Å². The lowest BCUT2D eigenvalue weighted by molar-refractivity contribution is -0.305. The van der Waals surface area contributed by atoms with Gasteiger partial charge in [-0.2, -0.15) is 0 Å². The Bertz CT molecular complexity index is 871. The molecule has 7 nitrogen and oxygen atoms in total. The minimum absolute atomic E-state index is 0.0493. The first-order valence-electron chi connectivity index (χ1n) is 13.5. The standard InChI is InChI=1S/C30H48O7/c1-19-16-25-11-8-12-26(32)23(5)22(4)17-28(33)36-27(14-13-20(2)24(6)31)21(3)10-9-15-29(7,34)30(35,18-19)37-25/h8-9,12,15,17,20-21,23-27,31-32,34-35H,1,10-11,13-14,16,18H2,2-7H3. The number of esters is 1. The summed E-state index contributed by atoms with van der Waals surface area (Å²) < 4.78 is 11.9. The zero-order chi connectivity index (χ0) is 28.0. The fraction of sp³-hybridized carbons (Fsp3) is 0.700. The van der Waals surface area contributed by atoms with Crippen molar-refractivity contribution in [2.45, 2.75) is 116 Å². The van der Waals surface area contributed by atoms with Crippen molar-refractivity contribution in [2.75, 3.05) is 0 Å². The van der Waals surface area contributed by atoms with Crippen LogP contribution in [0.5, 0.6) is 0 Å². The van der Waals surface area contributed by atoms with Gasteiger partial charge in [0.2, 0.25) is 5.79 Å². The summed E-state index contributed by atoms with van der Waals surface area (Å²) in [6, 6.07) is 0. The second-order valence-electron chi connectivity index (χ2n) is 11.5. The van der Waals surface area contributed by atoms with Gasteiger partial charge in [-0.1, -0.05) is 62.8 Å². The van der Waals surface area contributed by atoms with Gasteiger partial charge in [-0.05, 0) is 64.7 Å². The second-order valence-corrected chi connectivity index (χ2v) is 11.5. The molecule has 0 saturated carbocycles. The van der Waals surface area contributed by atoms with Gasteiger partial charge in [0.05, 0.1) is 18.3 Å². The van der Waals surface area contributed by atoms with Crippen LogP contribution < -0.4 is 0 Å². The Labute approximate surface area is 222 Å². The molecule has 0 aliphatic carbocycles. The summed E-state index contributed by atoms with van der Waals surface area (Å²) in [5.74, 6) is -2.64. The Kier molecular flexibility index (Phi) is 11.3. The van der Waals surface area contributed by atoms with Crippen molar-refractivity contribution >= 4 is 5.97 Å². The van der Waals surface area contributed by atoms with Crippen molar-refractivity contribution in [1.29, 1.82) is 0 Å². The first-order chi connectivity index (χ1) is 17.1. The highest BCUT2D eigenvalue weighted by Crippen LogP contribution is 2.39. The van der Waals surface area contributed by atoms with Gasteiger partial charge in [0.25, 0.3) is 0 Å². The summed E-state index contributed by atoms with van der Waals surface area (Å²) in [5, 5.41) is 43.1. The van der Waals surface area contributed by atoms with E-state index in [0.29, 0.717) is 37.7 Å². The molecule has 2 aliphatic heterocycles. The predicted molar refractivity (Wildman–Crippen MR) is 144 cm³/mol. The highest BCUT2D eigenvalue weighted by Gasteiger charge is 2.49. The molecule has 1 saturated heterocycles. The smallest absolute Gasteiger partial charge is 0.330 e. The van der Waals surface area contributed by atoms with Gasteiger partial charge in [-0.3, -0.25) is 0 Å². The summed E-state index contributed by atoms with van der Waals surface area (Å²) in [5.41, 5.74) is -0.181. The summed E-state index contributed by atoms with van der Waals surface area (Å²) in [4.78, 5) is 12.8. The largest absolute Gasteiger partial charge is 0.459 e. The van der Waals surface area contributed by atoms with Gasteiger partial charge < -0.3 is 29.9 Å². The number of rotatable bonds is 4. The van der Waals surface area contributed by atoms with Gasteiger partial charge in [0, 0.05) is 18.4 Å². The molecular weight excluding hydrogens is 472 g/mol. The molecule has 0 radical (unpaired) electrons. The SMILES string of the molecule is C=C1CC2CC=CC(O)C(C)C(C)=CC(=O)OC(CCC(C)C(C)O)C(C)CC=CC(C)(O)C(O)(C1)O2. The lowest BCUT2D eigenvalue weighted by atomic mass is 9.83. The van der Waals surface area contributed by atoms with Crippen LogP contribution in [0, 0.1) is 17.8 Å². The lowest BCUT2D eigenvalue weighted by Crippen LogP contribution is -2.56. The third kappa shape index (κ3) is 8.89. The molecule has 2 aliphatic rings. The maximum Gasteiger partial charge on any atom is 0.330 e. The Morgan fingerprint density at radius 1 is 1.19 bits per heavy atom. The number of hydrogen-bond donors (Lipinski definition) is 4. The van der Waals surface area contributed by atoms with Gasteiger partial charge >= 0.3 is 5.97 Å². The molecule has 210 valence electrons. The van der Waals surface area contributed by atoms with E-state index >= 15 is 0 Å². The molecule has 37 heavy (non-hydrogen) atoms. The Balaban J connectivity index is 2.38. The first kappa shape index (κ1) is 31.4. The van der Waals surface area contributed by atoms with Crippen LogP contribution in [0.15, 0.2) is 48.1 Å². The van der Waals surface area contributed by atoms with Gasteiger partial charge in [0.15, 0.2) is 0 Å². The number of aliphatic hydroxyl groups is 4. The van der Waals surface area contributed by atoms with E-state index < -0.39 is 41.8 Å². The minimum atomic E-state index is -1.84. The van der Waals surface area contributed by atoms with Crippen LogP contribution in [-0.2, 0) is 14.3 Å². The number of ether oxygens (including phenoxy) is 2. The van der Waals surface area contributed by atoms with Crippen LogP contribution in [-0.4, -0.2) is 62.2 Å². The molecule has 9 atom stereocenters. The molecule has 0 aromatic heterocycles. The number of hydrogen-bond acceptors (Lipinski definition) is 7. The van der Waals surface area contributed by atoms with Gasteiger partial charge in [0.1, 0.15) is 11.7 Å². The molecule has 9 unspecified atom stereocenters. The highest BCUT2D eigenvalue weighted by atomic mass is 16.6. The molecule has 0 amide bonds. The molecule has 7 heteroatoms. The molecule has 1 fully saturated rings. The Morgan fingerprint density at radius 3 is 2.51 bits per heavy atom. The van der Waals surface area contributed by atoms with Crippen molar-refractivity contribution in [3.63, 3.8) is 0 Å².